The van der Waals surface area contributed by atoms with Gasteiger partial charge in [0.15, 0.2) is 0 Å². The van der Waals surface area contributed by atoms with Crippen LogP contribution >= 0.6 is 0 Å². The Bertz CT molecular complexity index is 560. The lowest BCUT2D eigenvalue weighted by Gasteiger charge is -1.98. The third-order valence-corrected chi connectivity index (χ3v) is 2.71. The molecule has 2 aromatic rings. The van der Waals surface area contributed by atoms with Crippen LogP contribution < -0.4 is 0 Å². The first-order valence-corrected chi connectivity index (χ1v) is 4.84. The predicted molar refractivity (Wildman–Crippen MR) is 57.1 cm³/mol. The van der Waals surface area contributed by atoms with Crippen LogP contribution in [0.15, 0.2) is 24.3 Å². The Hall–Kier alpha value is -2.08. The summed E-state index contributed by atoms with van der Waals surface area (Å²) in [5, 5.41) is 8.22. The zero-order valence-electron chi connectivity index (χ0n) is 8.14. The topological polar surface area (TPSA) is 30.7 Å². The van der Waals surface area contributed by atoms with Crippen molar-refractivity contribution in [3.8, 4) is 23.6 Å². The fourth-order valence-electron chi connectivity index (χ4n) is 2.02. The van der Waals surface area contributed by atoms with Crippen LogP contribution in [0.1, 0.15) is 11.3 Å². The molecule has 0 amide bonds. The summed E-state index contributed by atoms with van der Waals surface area (Å²) >= 11 is 0. The van der Waals surface area contributed by atoms with Crippen molar-refractivity contribution in [3.05, 3.63) is 35.5 Å². The van der Waals surface area contributed by atoms with Crippen LogP contribution in [0.5, 0.6) is 0 Å². The molecule has 0 bridgehead atoms. The van der Waals surface area contributed by atoms with Gasteiger partial charge in [0.2, 0.25) is 0 Å². The Morgan fingerprint density at radius 3 is 3.13 bits per heavy atom. The molecule has 0 aliphatic heterocycles. The Labute approximate surface area is 87.7 Å². The van der Waals surface area contributed by atoms with Gasteiger partial charge in [-0.15, -0.1) is 11.5 Å². The highest BCUT2D eigenvalue weighted by molar-refractivity contribution is 5.71. The molecule has 1 aliphatic carbocycles. The first kappa shape index (κ1) is 8.25. The predicted octanol–water partition coefficient (Wildman–Crippen LogP) is 1.48. The molecule has 0 N–H and O–H groups in total. The van der Waals surface area contributed by atoms with Crippen molar-refractivity contribution in [2.45, 2.75) is 13.0 Å². The van der Waals surface area contributed by atoms with Gasteiger partial charge in [-0.25, -0.2) is 4.68 Å². The minimum atomic E-state index is 0.496. The smallest absolute Gasteiger partial charge is 0.116 e. The van der Waals surface area contributed by atoms with E-state index in [0.29, 0.717) is 6.54 Å². The lowest BCUT2D eigenvalue weighted by Crippen LogP contribution is -2.02. The first-order valence-electron chi connectivity index (χ1n) is 4.84. The summed E-state index contributed by atoms with van der Waals surface area (Å²) in [5.41, 5.74) is 4.62. The van der Waals surface area contributed by atoms with Crippen LogP contribution in [0, 0.1) is 12.3 Å². The third-order valence-electron chi connectivity index (χ3n) is 2.71. The van der Waals surface area contributed by atoms with Crippen molar-refractivity contribution in [2.24, 2.45) is 0 Å². The van der Waals surface area contributed by atoms with E-state index in [-0.39, 0.29) is 0 Å². The molecule has 3 nitrogen and oxygen atoms in total. The summed E-state index contributed by atoms with van der Waals surface area (Å²) in [6.45, 7) is 0.496. The number of hydrogen-bond donors (Lipinski definition) is 0. The van der Waals surface area contributed by atoms with Crippen LogP contribution in [-0.2, 0) is 13.0 Å². The van der Waals surface area contributed by atoms with E-state index in [2.05, 4.69) is 28.4 Å². The van der Waals surface area contributed by atoms with Crippen molar-refractivity contribution < 1.29 is 0 Å². The van der Waals surface area contributed by atoms with E-state index < -0.39 is 0 Å². The Morgan fingerprint density at radius 2 is 2.27 bits per heavy atom. The summed E-state index contributed by atoms with van der Waals surface area (Å²) < 4.78 is 1.80. The molecule has 0 saturated carbocycles. The number of aromatic nitrogens is 3. The van der Waals surface area contributed by atoms with Crippen molar-refractivity contribution in [1.29, 1.82) is 0 Å². The van der Waals surface area contributed by atoms with Crippen LogP contribution in [0.4, 0.5) is 0 Å². The zero-order chi connectivity index (χ0) is 10.3. The van der Waals surface area contributed by atoms with Crippen LogP contribution in [0.2, 0.25) is 0 Å². The van der Waals surface area contributed by atoms with Gasteiger partial charge in [-0.05, 0) is 5.56 Å². The van der Waals surface area contributed by atoms with Gasteiger partial charge in [0.1, 0.15) is 12.2 Å². The molecule has 1 aliphatic rings. The largest absolute Gasteiger partial charge is 0.236 e. The van der Waals surface area contributed by atoms with Crippen LogP contribution in [0.25, 0.3) is 11.3 Å². The molecular weight excluding hydrogens is 186 g/mol. The van der Waals surface area contributed by atoms with Gasteiger partial charge >= 0.3 is 0 Å². The number of hydrogen-bond acceptors (Lipinski definition) is 2. The molecule has 0 saturated heterocycles. The van der Waals surface area contributed by atoms with E-state index in [1.807, 2.05) is 12.1 Å². The Morgan fingerprint density at radius 1 is 1.40 bits per heavy atom. The van der Waals surface area contributed by atoms with Gasteiger partial charge in [0.25, 0.3) is 0 Å². The second kappa shape index (κ2) is 2.96. The molecule has 1 aromatic carbocycles. The zero-order valence-corrected chi connectivity index (χ0v) is 8.14. The lowest BCUT2D eigenvalue weighted by molar-refractivity contribution is 0.646. The Balaban J connectivity index is 2.16. The molecule has 1 heterocycles. The maximum Gasteiger partial charge on any atom is 0.116 e. The van der Waals surface area contributed by atoms with Crippen molar-refractivity contribution in [3.63, 3.8) is 0 Å². The van der Waals surface area contributed by atoms with Gasteiger partial charge in [-0.2, -0.15) is 0 Å². The van der Waals surface area contributed by atoms with Gasteiger partial charge in [-0.3, -0.25) is 0 Å². The van der Waals surface area contributed by atoms with Gasteiger partial charge in [-0.1, -0.05) is 35.4 Å². The second-order valence-corrected chi connectivity index (χ2v) is 3.58. The van der Waals surface area contributed by atoms with Crippen LogP contribution in [0.3, 0.4) is 0 Å². The van der Waals surface area contributed by atoms with E-state index in [9.17, 15) is 0 Å². The van der Waals surface area contributed by atoms with E-state index in [0.717, 1.165) is 17.8 Å². The second-order valence-electron chi connectivity index (χ2n) is 3.58. The number of benzene rings is 1. The molecule has 1 aromatic heterocycles. The molecule has 72 valence electrons. The monoisotopic (exact) mass is 195 g/mol. The molecule has 0 atom stereocenters. The summed E-state index contributed by atoms with van der Waals surface area (Å²) in [4.78, 5) is 0. The molecule has 15 heavy (non-hydrogen) atoms. The number of terminal acetylenes is 1. The molecule has 0 fully saturated rings. The van der Waals surface area contributed by atoms with Crippen molar-refractivity contribution >= 4 is 0 Å². The average molecular weight is 195 g/mol. The van der Waals surface area contributed by atoms with Crippen molar-refractivity contribution in [1.82, 2.24) is 15.0 Å². The highest BCUT2D eigenvalue weighted by Crippen LogP contribution is 2.34. The highest BCUT2D eigenvalue weighted by Gasteiger charge is 2.23. The van der Waals surface area contributed by atoms with E-state index in [4.69, 9.17) is 6.42 Å². The van der Waals surface area contributed by atoms with Gasteiger partial charge in [0.05, 0.1) is 5.69 Å². The summed E-state index contributed by atoms with van der Waals surface area (Å²) in [6.07, 6.45) is 6.17. The minimum Gasteiger partial charge on any atom is -0.236 e. The fraction of sp³-hybridized carbons (Fsp3) is 0.167. The molecule has 0 unspecified atom stereocenters. The summed E-state index contributed by atoms with van der Waals surface area (Å²) in [5.74, 6) is 2.59. The first-order chi connectivity index (χ1) is 7.40. The molecule has 3 heteroatoms. The molecule has 3 rings (SSSR count). The third kappa shape index (κ3) is 1.08. The number of rotatable bonds is 1. The van der Waals surface area contributed by atoms with Gasteiger partial charge < -0.3 is 0 Å². The molecular formula is C12H9N3. The highest BCUT2D eigenvalue weighted by atomic mass is 15.4. The number of nitrogens with zero attached hydrogens (tertiary/aromatic N) is 3. The van der Waals surface area contributed by atoms with E-state index in [1.54, 1.807) is 4.68 Å². The maximum atomic E-state index is 5.28. The quantitative estimate of drug-likeness (QED) is 0.551. The van der Waals surface area contributed by atoms with E-state index >= 15 is 0 Å². The standard InChI is InChI=1S/C12H9N3/c1-2-7-15-11-8-9-5-3-4-6-10(9)12(11)13-14-15/h1,3-6H,7-8H2. The minimum absolute atomic E-state index is 0.496. The number of fused-ring (bicyclic) bond motifs is 3. The van der Waals surface area contributed by atoms with Crippen LogP contribution in [-0.4, -0.2) is 15.0 Å². The van der Waals surface area contributed by atoms with Crippen molar-refractivity contribution in [2.75, 3.05) is 0 Å². The average Bonchev–Trinajstić information content (AvgIpc) is 2.79. The maximum absolute atomic E-state index is 5.28. The molecule has 0 radical (unpaired) electrons. The summed E-state index contributed by atoms with van der Waals surface area (Å²) in [6, 6.07) is 8.27. The van der Waals surface area contributed by atoms with Gasteiger partial charge in [0, 0.05) is 12.0 Å². The Kier molecular flexibility index (Phi) is 1.63. The SMILES string of the molecule is C#CCn1nnc2c1Cc1ccccc1-2. The van der Waals surface area contributed by atoms with E-state index in [1.165, 1.54) is 11.1 Å². The lowest BCUT2D eigenvalue weighted by atomic mass is 10.1. The summed E-state index contributed by atoms with van der Waals surface area (Å²) in [7, 11) is 0. The fourth-order valence-corrected chi connectivity index (χ4v) is 2.02. The normalized spacial score (nSPS) is 11.9. The molecule has 0 spiro atoms.